The summed E-state index contributed by atoms with van der Waals surface area (Å²) in [6.07, 6.45) is 1.47. The van der Waals surface area contributed by atoms with Crippen LogP contribution in [0.2, 0.25) is 0 Å². The number of aliphatic hydroxyl groups is 1. The molecule has 1 rings (SSSR count). The van der Waals surface area contributed by atoms with E-state index in [0.717, 1.165) is 0 Å². The van der Waals surface area contributed by atoms with E-state index in [1.165, 1.54) is 6.20 Å². The van der Waals surface area contributed by atoms with Crippen molar-refractivity contribution in [2.24, 2.45) is 0 Å². The van der Waals surface area contributed by atoms with Gasteiger partial charge in [0.1, 0.15) is 0 Å². The topological polar surface area (TPSA) is 75.5 Å². The lowest BCUT2D eigenvalue weighted by Crippen LogP contribution is -2.28. The number of anilines is 1. The van der Waals surface area contributed by atoms with Gasteiger partial charge < -0.3 is 14.7 Å². The van der Waals surface area contributed by atoms with Crippen molar-refractivity contribution in [2.45, 2.75) is 20.8 Å². The maximum absolute atomic E-state index is 11.6. The molecular weight excluding hydrogens is 234 g/mol. The first-order valence-corrected chi connectivity index (χ1v) is 6.00. The van der Waals surface area contributed by atoms with Crippen molar-refractivity contribution in [3.8, 4) is 0 Å². The van der Waals surface area contributed by atoms with Gasteiger partial charge in [0, 0.05) is 19.3 Å². The van der Waals surface area contributed by atoms with E-state index in [4.69, 9.17) is 9.84 Å². The zero-order valence-electron chi connectivity index (χ0n) is 11.0. The van der Waals surface area contributed by atoms with Crippen molar-refractivity contribution >= 4 is 11.9 Å². The van der Waals surface area contributed by atoms with Crippen molar-refractivity contribution in [2.75, 3.05) is 31.2 Å². The lowest BCUT2D eigenvalue weighted by atomic mass is 10.2. The molecule has 0 atom stereocenters. The maximum atomic E-state index is 11.6. The molecule has 1 aromatic heterocycles. The molecule has 0 fully saturated rings. The SMILES string of the molecule is CCOC(=O)c1cnc(N(CC)CCO)nc1C. The molecule has 0 aliphatic rings. The van der Waals surface area contributed by atoms with Crippen LogP contribution >= 0.6 is 0 Å². The van der Waals surface area contributed by atoms with Crippen LogP contribution in [-0.2, 0) is 4.74 Å². The fourth-order valence-corrected chi connectivity index (χ4v) is 1.54. The molecular formula is C12H19N3O3. The smallest absolute Gasteiger partial charge is 0.341 e. The minimum Gasteiger partial charge on any atom is -0.462 e. The molecule has 1 heterocycles. The fourth-order valence-electron chi connectivity index (χ4n) is 1.54. The van der Waals surface area contributed by atoms with Crippen LogP contribution in [0.25, 0.3) is 0 Å². The number of aromatic nitrogens is 2. The molecule has 0 spiro atoms. The van der Waals surface area contributed by atoms with E-state index in [-0.39, 0.29) is 6.61 Å². The van der Waals surface area contributed by atoms with Gasteiger partial charge in [0.25, 0.3) is 0 Å². The first-order valence-electron chi connectivity index (χ1n) is 6.00. The third-order valence-electron chi connectivity index (χ3n) is 2.50. The van der Waals surface area contributed by atoms with E-state index < -0.39 is 5.97 Å². The second-order valence-corrected chi connectivity index (χ2v) is 3.69. The molecule has 1 aromatic rings. The highest BCUT2D eigenvalue weighted by Crippen LogP contribution is 2.12. The number of esters is 1. The van der Waals surface area contributed by atoms with Crippen LogP contribution in [0.15, 0.2) is 6.20 Å². The van der Waals surface area contributed by atoms with E-state index >= 15 is 0 Å². The summed E-state index contributed by atoms with van der Waals surface area (Å²) >= 11 is 0. The van der Waals surface area contributed by atoms with Gasteiger partial charge in [-0.15, -0.1) is 0 Å². The standard InChI is InChI=1S/C12H19N3O3/c1-4-15(6-7-16)12-13-8-10(9(3)14-12)11(17)18-5-2/h8,16H,4-7H2,1-3H3. The Morgan fingerprint density at radius 1 is 1.50 bits per heavy atom. The number of carbonyl (C=O) groups excluding carboxylic acids is 1. The summed E-state index contributed by atoms with van der Waals surface area (Å²) in [4.78, 5) is 21.8. The molecule has 0 saturated heterocycles. The van der Waals surface area contributed by atoms with Crippen molar-refractivity contribution in [3.05, 3.63) is 17.5 Å². The van der Waals surface area contributed by atoms with Crippen LogP contribution in [0.5, 0.6) is 0 Å². The summed E-state index contributed by atoms with van der Waals surface area (Å²) < 4.78 is 4.91. The number of hydrogen-bond donors (Lipinski definition) is 1. The molecule has 0 bridgehead atoms. The van der Waals surface area contributed by atoms with E-state index in [0.29, 0.717) is 36.9 Å². The van der Waals surface area contributed by atoms with E-state index in [1.807, 2.05) is 11.8 Å². The van der Waals surface area contributed by atoms with Crippen LogP contribution in [0.4, 0.5) is 5.95 Å². The summed E-state index contributed by atoms with van der Waals surface area (Å²) in [5, 5.41) is 8.94. The molecule has 6 nitrogen and oxygen atoms in total. The lowest BCUT2D eigenvalue weighted by Gasteiger charge is -2.20. The number of likely N-dealkylation sites (N-methyl/N-ethyl adjacent to an activating group) is 1. The third-order valence-corrected chi connectivity index (χ3v) is 2.50. The van der Waals surface area contributed by atoms with Gasteiger partial charge in [-0.1, -0.05) is 0 Å². The predicted octanol–water partition coefficient (Wildman–Crippen LogP) is 0.780. The Morgan fingerprint density at radius 2 is 2.22 bits per heavy atom. The second kappa shape index (κ2) is 6.90. The molecule has 0 aliphatic heterocycles. The Morgan fingerprint density at radius 3 is 2.72 bits per heavy atom. The van der Waals surface area contributed by atoms with Gasteiger partial charge in [-0.2, -0.15) is 0 Å². The molecule has 0 radical (unpaired) electrons. The van der Waals surface area contributed by atoms with Crippen LogP contribution in [0.3, 0.4) is 0 Å². The van der Waals surface area contributed by atoms with Gasteiger partial charge >= 0.3 is 5.97 Å². The van der Waals surface area contributed by atoms with Crippen LogP contribution in [0.1, 0.15) is 29.9 Å². The second-order valence-electron chi connectivity index (χ2n) is 3.69. The Balaban J connectivity index is 2.94. The Bertz CT molecular complexity index is 410. The average Bonchev–Trinajstić information content (AvgIpc) is 2.36. The quantitative estimate of drug-likeness (QED) is 0.755. The Hall–Kier alpha value is -1.69. The van der Waals surface area contributed by atoms with E-state index in [2.05, 4.69) is 9.97 Å². The highest BCUT2D eigenvalue weighted by molar-refractivity contribution is 5.90. The van der Waals surface area contributed by atoms with Gasteiger partial charge in [0.2, 0.25) is 5.95 Å². The van der Waals surface area contributed by atoms with Crippen molar-refractivity contribution in [3.63, 3.8) is 0 Å². The first-order chi connectivity index (χ1) is 8.63. The van der Waals surface area contributed by atoms with Crippen molar-refractivity contribution in [1.29, 1.82) is 0 Å². The highest BCUT2D eigenvalue weighted by atomic mass is 16.5. The van der Waals surface area contributed by atoms with Gasteiger partial charge in [-0.25, -0.2) is 14.8 Å². The molecule has 0 amide bonds. The normalized spacial score (nSPS) is 10.2. The molecule has 0 aliphatic carbocycles. The predicted molar refractivity (Wildman–Crippen MR) is 67.7 cm³/mol. The Kier molecular flexibility index (Phi) is 5.51. The van der Waals surface area contributed by atoms with Crippen LogP contribution < -0.4 is 4.90 Å². The monoisotopic (exact) mass is 253 g/mol. The van der Waals surface area contributed by atoms with Crippen LogP contribution in [0, 0.1) is 6.92 Å². The van der Waals surface area contributed by atoms with E-state index in [9.17, 15) is 4.79 Å². The average molecular weight is 253 g/mol. The van der Waals surface area contributed by atoms with Gasteiger partial charge in [0.15, 0.2) is 0 Å². The van der Waals surface area contributed by atoms with Crippen LogP contribution in [-0.4, -0.2) is 47.3 Å². The molecule has 0 aromatic carbocycles. The van der Waals surface area contributed by atoms with Crippen molar-refractivity contribution in [1.82, 2.24) is 9.97 Å². The summed E-state index contributed by atoms with van der Waals surface area (Å²) in [5.74, 6) is 0.101. The molecule has 6 heteroatoms. The third kappa shape index (κ3) is 3.40. The highest BCUT2D eigenvalue weighted by Gasteiger charge is 2.14. The summed E-state index contributed by atoms with van der Waals surface area (Å²) in [7, 11) is 0. The van der Waals surface area contributed by atoms with Crippen molar-refractivity contribution < 1.29 is 14.6 Å². The van der Waals surface area contributed by atoms with Gasteiger partial charge in [-0.3, -0.25) is 0 Å². The lowest BCUT2D eigenvalue weighted by molar-refractivity contribution is 0.0524. The molecule has 0 saturated carbocycles. The summed E-state index contributed by atoms with van der Waals surface area (Å²) in [6, 6.07) is 0. The molecule has 100 valence electrons. The zero-order valence-corrected chi connectivity index (χ0v) is 11.0. The number of ether oxygens (including phenoxy) is 1. The number of aliphatic hydroxyl groups excluding tert-OH is 1. The number of carbonyl (C=O) groups is 1. The molecule has 0 unspecified atom stereocenters. The minimum atomic E-state index is -0.410. The van der Waals surface area contributed by atoms with Gasteiger partial charge in [0.05, 0.1) is 24.5 Å². The number of aryl methyl sites for hydroxylation is 1. The van der Waals surface area contributed by atoms with Gasteiger partial charge in [-0.05, 0) is 20.8 Å². The first kappa shape index (κ1) is 14.4. The minimum absolute atomic E-state index is 0.0376. The molecule has 18 heavy (non-hydrogen) atoms. The number of hydrogen-bond acceptors (Lipinski definition) is 6. The fraction of sp³-hybridized carbons (Fsp3) is 0.583. The Labute approximate surface area is 107 Å². The maximum Gasteiger partial charge on any atom is 0.341 e. The molecule has 1 N–H and O–H groups in total. The number of nitrogens with zero attached hydrogens (tertiary/aromatic N) is 3. The summed E-state index contributed by atoms with van der Waals surface area (Å²) in [5.41, 5.74) is 0.954. The number of rotatable bonds is 6. The largest absolute Gasteiger partial charge is 0.462 e. The summed E-state index contributed by atoms with van der Waals surface area (Å²) in [6.45, 7) is 6.97. The van der Waals surface area contributed by atoms with E-state index in [1.54, 1.807) is 13.8 Å². The zero-order chi connectivity index (χ0) is 13.5.